The SMILES string of the molecule is CCCCC(CCC)n1c(N)nc2c(C#N)cccc21. The van der Waals surface area contributed by atoms with Crippen LogP contribution >= 0.6 is 0 Å². The van der Waals surface area contributed by atoms with Gasteiger partial charge in [0.25, 0.3) is 0 Å². The number of fused-ring (bicyclic) bond motifs is 1. The van der Waals surface area contributed by atoms with Crippen molar-refractivity contribution in [2.45, 2.75) is 52.0 Å². The van der Waals surface area contributed by atoms with Crippen LogP contribution in [0.2, 0.25) is 0 Å². The number of nitrogens with zero attached hydrogens (tertiary/aromatic N) is 3. The van der Waals surface area contributed by atoms with Crippen LogP contribution in [0.4, 0.5) is 5.95 Å². The van der Waals surface area contributed by atoms with Crippen molar-refractivity contribution >= 4 is 17.0 Å². The second-order valence-electron chi connectivity index (χ2n) is 5.21. The first-order valence-electron chi connectivity index (χ1n) is 7.39. The Bertz CT molecular complexity index is 621. The van der Waals surface area contributed by atoms with Crippen molar-refractivity contribution in [3.8, 4) is 6.07 Å². The standard InChI is InChI=1S/C16H22N4/c1-3-5-9-13(7-4-2)20-14-10-6-8-12(11-17)15(14)19-16(20)18/h6,8,10,13H,3-5,7,9H2,1-2H3,(H2,18,19). The lowest BCUT2D eigenvalue weighted by atomic mass is 10.0. The molecule has 106 valence electrons. The van der Waals surface area contributed by atoms with Gasteiger partial charge in [-0.1, -0.05) is 39.2 Å². The van der Waals surface area contributed by atoms with Gasteiger partial charge in [0.05, 0.1) is 11.1 Å². The number of rotatable bonds is 6. The van der Waals surface area contributed by atoms with Gasteiger partial charge in [-0.25, -0.2) is 4.98 Å². The van der Waals surface area contributed by atoms with Gasteiger partial charge in [0, 0.05) is 6.04 Å². The topological polar surface area (TPSA) is 67.6 Å². The number of nitriles is 1. The highest BCUT2D eigenvalue weighted by atomic mass is 15.2. The number of benzene rings is 1. The summed E-state index contributed by atoms with van der Waals surface area (Å²) in [5.41, 5.74) is 8.43. The van der Waals surface area contributed by atoms with Gasteiger partial charge in [0.15, 0.2) is 0 Å². The third-order valence-electron chi connectivity index (χ3n) is 3.75. The van der Waals surface area contributed by atoms with Gasteiger partial charge in [0.1, 0.15) is 11.6 Å². The molecule has 0 amide bonds. The second kappa shape index (κ2) is 6.42. The van der Waals surface area contributed by atoms with Gasteiger partial charge in [0.2, 0.25) is 5.95 Å². The normalized spacial score (nSPS) is 12.4. The Hall–Kier alpha value is -2.02. The van der Waals surface area contributed by atoms with E-state index < -0.39 is 0 Å². The Morgan fingerprint density at radius 2 is 2.10 bits per heavy atom. The summed E-state index contributed by atoms with van der Waals surface area (Å²) in [6, 6.07) is 8.27. The third kappa shape index (κ3) is 2.62. The monoisotopic (exact) mass is 270 g/mol. The predicted octanol–water partition coefficient (Wildman–Crippen LogP) is 4.02. The Morgan fingerprint density at radius 1 is 1.30 bits per heavy atom. The molecular weight excluding hydrogens is 248 g/mol. The Balaban J connectivity index is 2.51. The smallest absolute Gasteiger partial charge is 0.201 e. The molecule has 0 spiro atoms. The number of hydrogen-bond donors (Lipinski definition) is 1. The number of imidazole rings is 1. The maximum atomic E-state index is 9.18. The van der Waals surface area contributed by atoms with E-state index >= 15 is 0 Å². The molecule has 0 aliphatic rings. The largest absolute Gasteiger partial charge is 0.369 e. The first-order chi connectivity index (χ1) is 9.72. The lowest BCUT2D eigenvalue weighted by Gasteiger charge is -2.20. The Morgan fingerprint density at radius 3 is 2.75 bits per heavy atom. The number of nitrogen functional groups attached to an aromatic ring is 1. The fourth-order valence-electron chi connectivity index (χ4n) is 2.78. The van der Waals surface area contributed by atoms with Crippen LogP contribution in [0.5, 0.6) is 0 Å². The first kappa shape index (κ1) is 14.4. The maximum absolute atomic E-state index is 9.18. The van der Waals surface area contributed by atoms with Crippen molar-refractivity contribution in [2.75, 3.05) is 5.73 Å². The lowest BCUT2D eigenvalue weighted by molar-refractivity contribution is 0.430. The van der Waals surface area contributed by atoms with E-state index in [4.69, 9.17) is 5.73 Å². The molecule has 2 N–H and O–H groups in total. The van der Waals surface area contributed by atoms with Crippen LogP contribution in [0.25, 0.3) is 11.0 Å². The molecular formula is C16H22N4. The molecule has 0 radical (unpaired) electrons. The molecule has 4 heteroatoms. The molecule has 1 unspecified atom stereocenters. The molecule has 0 bridgehead atoms. The van der Waals surface area contributed by atoms with Crippen molar-refractivity contribution in [3.05, 3.63) is 23.8 Å². The zero-order valence-electron chi connectivity index (χ0n) is 12.3. The summed E-state index contributed by atoms with van der Waals surface area (Å²) in [6.07, 6.45) is 5.67. The van der Waals surface area contributed by atoms with Crippen LogP contribution in [0.1, 0.15) is 57.6 Å². The molecule has 0 aliphatic heterocycles. The van der Waals surface area contributed by atoms with E-state index in [1.165, 1.54) is 12.8 Å². The van der Waals surface area contributed by atoms with E-state index in [1.807, 2.05) is 12.1 Å². The van der Waals surface area contributed by atoms with Crippen LogP contribution in [0, 0.1) is 11.3 Å². The molecule has 1 atom stereocenters. The highest BCUT2D eigenvalue weighted by Crippen LogP contribution is 2.30. The summed E-state index contributed by atoms with van der Waals surface area (Å²) in [5.74, 6) is 0.525. The molecule has 0 saturated heterocycles. The molecule has 1 aromatic heterocycles. The van der Waals surface area contributed by atoms with E-state index in [0.717, 1.165) is 30.3 Å². The Kier molecular flexibility index (Phi) is 4.62. The molecule has 2 aromatic rings. The van der Waals surface area contributed by atoms with Crippen molar-refractivity contribution in [3.63, 3.8) is 0 Å². The lowest BCUT2D eigenvalue weighted by Crippen LogP contribution is -2.12. The third-order valence-corrected chi connectivity index (χ3v) is 3.75. The van der Waals surface area contributed by atoms with Crippen LogP contribution < -0.4 is 5.73 Å². The zero-order valence-corrected chi connectivity index (χ0v) is 12.3. The molecule has 1 heterocycles. The summed E-state index contributed by atoms with van der Waals surface area (Å²) < 4.78 is 2.12. The quantitative estimate of drug-likeness (QED) is 0.862. The first-order valence-corrected chi connectivity index (χ1v) is 7.39. The summed E-state index contributed by atoms with van der Waals surface area (Å²) in [6.45, 7) is 4.39. The fourth-order valence-corrected chi connectivity index (χ4v) is 2.78. The van der Waals surface area contributed by atoms with E-state index in [2.05, 4.69) is 29.5 Å². The molecule has 1 aromatic carbocycles. The van der Waals surface area contributed by atoms with Crippen LogP contribution in [0.3, 0.4) is 0 Å². The van der Waals surface area contributed by atoms with E-state index in [9.17, 15) is 5.26 Å². The molecule has 0 saturated carbocycles. The number of unbranched alkanes of at least 4 members (excludes halogenated alkanes) is 1. The maximum Gasteiger partial charge on any atom is 0.201 e. The number of aromatic nitrogens is 2. The average Bonchev–Trinajstić information content (AvgIpc) is 2.79. The predicted molar refractivity (Wildman–Crippen MR) is 82.3 cm³/mol. The zero-order chi connectivity index (χ0) is 14.5. The molecule has 0 aliphatic carbocycles. The molecule has 2 rings (SSSR count). The Labute approximate surface area is 120 Å². The van der Waals surface area contributed by atoms with Gasteiger partial charge in [-0.05, 0) is 25.0 Å². The second-order valence-corrected chi connectivity index (χ2v) is 5.21. The summed E-state index contributed by atoms with van der Waals surface area (Å²) in [4.78, 5) is 4.41. The highest BCUT2D eigenvalue weighted by molar-refractivity contribution is 5.84. The fraction of sp³-hybridized carbons (Fsp3) is 0.500. The average molecular weight is 270 g/mol. The van der Waals surface area contributed by atoms with Crippen molar-refractivity contribution in [2.24, 2.45) is 0 Å². The van der Waals surface area contributed by atoms with E-state index in [-0.39, 0.29) is 0 Å². The van der Waals surface area contributed by atoms with Crippen LogP contribution in [0.15, 0.2) is 18.2 Å². The summed E-state index contributed by atoms with van der Waals surface area (Å²) in [7, 11) is 0. The van der Waals surface area contributed by atoms with Gasteiger partial charge in [-0.15, -0.1) is 0 Å². The molecule has 0 fully saturated rings. The van der Waals surface area contributed by atoms with Gasteiger partial charge < -0.3 is 10.3 Å². The van der Waals surface area contributed by atoms with Crippen LogP contribution in [-0.2, 0) is 0 Å². The summed E-state index contributed by atoms with van der Waals surface area (Å²) >= 11 is 0. The minimum absolute atomic E-state index is 0.374. The van der Waals surface area contributed by atoms with Crippen LogP contribution in [-0.4, -0.2) is 9.55 Å². The number of nitrogens with two attached hydrogens (primary N) is 1. The highest BCUT2D eigenvalue weighted by Gasteiger charge is 2.18. The van der Waals surface area contributed by atoms with Gasteiger partial charge >= 0.3 is 0 Å². The number of para-hydroxylation sites is 1. The number of anilines is 1. The summed E-state index contributed by atoms with van der Waals surface area (Å²) in [5, 5.41) is 9.18. The van der Waals surface area contributed by atoms with E-state index in [1.54, 1.807) is 6.07 Å². The molecule has 4 nitrogen and oxygen atoms in total. The van der Waals surface area contributed by atoms with Gasteiger partial charge in [-0.2, -0.15) is 5.26 Å². The van der Waals surface area contributed by atoms with Crippen molar-refractivity contribution < 1.29 is 0 Å². The van der Waals surface area contributed by atoms with Crippen molar-refractivity contribution in [1.29, 1.82) is 5.26 Å². The molecule has 20 heavy (non-hydrogen) atoms. The van der Waals surface area contributed by atoms with Crippen molar-refractivity contribution in [1.82, 2.24) is 9.55 Å². The number of hydrogen-bond acceptors (Lipinski definition) is 3. The van der Waals surface area contributed by atoms with E-state index in [0.29, 0.717) is 17.6 Å². The minimum Gasteiger partial charge on any atom is -0.369 e. The minimum atomic E-state index is 0.374. The van der Waals surface area contributed by atoms with Gasteiger partial charge in [-0.3, -0.25) is 0 Å².